The first-order chi connectivity index (χ1) is 9.19. The van der Waals surface area contributed by atoms with Gasteiger partial charge in [0.2, 0.25) is 10.0 Å². The second-order valence-electron chi connectivity index (χ2n) is 5.60. The predicted octanol–water partition coefficient (Wildman–Crippen LogP) is 2.95. The van der Waals surface area contributed by atoms with Gasteiger partial charge in [-0.15, -0.1) is 0 Å². The lowest BCUT2D eigenvalue weighted by atomic mass is 10.0. The fraction of sp³-hybridized carbons (Fsp3) is 0.538. The summed E-state index contributed by atoms with van der Waals surface area (Å²) in [6, 6.07) is 2.78. The van der Waals surface area contributed by atoms with Crippen molar-refractivity contribution in [2.24, 2.45) is 5.92 Å². The minimum absolute atomic E-state index is 0.0286. The van der Waals surface area contributed by atoms with Gasteiger partial charge in [-0.05, 0) is 44.7 Å². The molecule has 0 heterocycles. The van der Waals surface area contributed by atoms with E-state index in [1.165, 1.54) is 12.1 Å². The molecule has 0 spiro atoms. The third-order valence-corrected chi connectivity index (χ3v) is 6.21. The van der Waals surface area contributed by atoms with E-state index in [2.05, 4.69) is 4.72 Å². The SMILES string of the molecule is CC(C)(NS(=O)(=O)c1ccc(Cl)c(CO)c1Cl)C1CC1. The van der Waals surface area contributed by atoms with Crippen molar-refractivity contribution in [2.45, 2.75) is 43.7 Å². The molecule has 7 heteroatoms. The van der Waals surface area contributed by atoms with Crippen LogP contribution in [0.3, 0.4) is 0 Å². The monoisotopic (exact) mass is 337 g/mol. The number of aliphatic hydroxyl groups is 1. The van der Waals surface area contributed by atoms with Crippen molar-refractivity contribution in [3.63, 3.8) is 0 Å². The second kappa shape index (κ2) is 5.46. The predicted molar refractivity (Wildman–Crippen MR) is 79.5 cm³/mol. The number of aliphatic hydroxyl groups excluding tert-OH is 1. The van der Waals surface area contributed by atoms with E-state index in [1.807, 2.05) is 13.8 Å². The van der Waals surface area contributed by atoms with Crippen LogP contribution in [-0.2, 0) is 16.6 Å². The van der Waals surface area contributed by atoms with Crippen LogP contribution >= 0.6 is 23.2 Å². The van der Waals surface area contributed by atoms with Gasteiger partial charge < -0.3 is 5.11 Å². The van der Waals surface area contributed by atoms with Gasteiger partial charge in [-0.2, -0.15) is 0 Å². The quantitative estimate of drug-likeness (QED) is 0.867. The van der Waals surface area contributed by atoms with Gasteiger partial charge in [0.05, 0.1) is 11.6 Å². The smallest absolute Gasteiger partial charge is 0.242 e. The molecule has 0 amide bonds. The van der Waals surface area contributed by atoms with Gasteiger partial charge in [-0.25, -0.2) is 13.1 Å². The maximum absolute atomic E-state index is 12.5. The lowest BCUT2D eigenvalue weighted by molar-refractivity contribution is 0.281. The molecule has 0 radical (unpaired) electrons. The van der Waals surface area contributed by atoms with Crippen LogP contribution in [-0.4, -0.2) is 19.1 Å². The molecule has 0 saturated heterocycles. The van der Waals surface area contributed by atoms with E-state index in [0.29, 0.717) is 5.92 Å². The van der Waals surface area contributed by atoms with Crippen molar-refractivity contribution in [3.05, 3.63) is 27.7 Å². The Morgan fingerprint density at radius 3 is 2.45 bits per heavy atom. The third-order valence-electron chi connectivity index (χ3n) is 3.59. The number of hydrogen-bond donors (Lipinski definition) is 2. The highest BCUT2D eigenvalue weighted by Crippen LogP contribution is 2.40. The van der Waals surface area contributed by atoms with Crippen molar-refractivity contribution in [1.29, 1.82) is 0 Å². The highest BCUT2D eigenvalue weighted by molar-refractivity contribution is 7.89. The Hall–Kier alpha value is -0.330. The van der Waals surface area contributed by atoms with Gasteiger partial charge in [0.1, 0.15) is 4.90 Å². The van der Waals surface area contributed by atoms with Gasteiger partial charge >= 0.3 is 0 Å². The van der Waals surface area contributed by atoms with Crippen molar-refractivity contribution in [1.82, 2.24) is 4.72 Å². The Balaban J connectivity index is 2.39. The zero-order chi connectivity index (χ0) is 15.1. The fourth-order valence-electron chi connectivity index (χ4n) is 2.22. The number of nitrogens with one attached hydrogen (secondary N) is 1. The average Bonchev–Trinajstić information content (AvgIpc) is 3.11. The van der Waals surface area contributed by atoms with E-state index in [1.54, 1.807) is 0 Å². The molecule has 0 aliphatic heterocycles. The van der Waals surface area contributed by atoms with Crippen LogP contribution in [0.5, 0.6) is 0 Å². The van der Waals surface area contributed by atoms with Crippen molar-refractivity contribution >= 4 is 33.2 Å². The molecule has 1 fully saturated rings. The standard InChI is InChI=1S/C13H17Cl2NO3S/c1-13(2,8-3-4-8)16-20(18,19)11-6-5-10(14)9(7-17)12(11)15/h5-6,8,16-17H,3-4,7H2,1-2H3. The Morgan fingerprint density at radius 1 is 1.35 bits per heavy atom. The third kappa shape index (κ3) is 3.12. The molecular weight excluding hydrogens is 321 g/mol. The summed E-state index contributed by atoms with van der Waals surface area (Å²) < 4.78 is 27.6. The van der Waals surface area contributed by atoms with Crippen LogP contribution in [0.4, 0.5) is 0 Å². The van der Waals surface area contributed by atoms with Gasteiger partial charge in [0.25, 0.3) is 0 Å². The molecule has 1 aromatic carbocycles. The van der Waals surface area contributed by atoms with Crippen molar-refractivity contribution < 1.29 is 13.5 Å². The van der Waals surface area contributed by atoms with Gasteiger partial charge in [0.15, 0.2) is 0 Å². The minimum atomic E-state index is -3.75. The highest BCUT2D eigenvalue weighted by Gasteiger charge is 2.41. The first-order valence-corrected chi connectivity index (χ1v) is 8.54. The number of benzene rings is 1. The van der Waals surface area contributed by atoms with Crippen LogP contribution in [0.15, 0.2) is 17.0 Å². The fourth-order valence-corrected chi connectivity index (χ4v) is 4.59. The molecule has 0 bridgehead atoms. The summed E-state index contributed by atoms with van der Waals surface area (Å²) in [5, 5.41) is 9.46. The van der Waals surface area contributed by atoms with Crippen LogP contribution < -0.4 is 4.72 Å². The number of sulfonamides is 1. The molecule has 112 valence electrons. The summed E-state index contributed by atoms with van der Waals surface area (Å²) in [5.41, 5.74) is -0.290. The molecule has 0 atom stereocenters. The van der Waals surface area contributed by atoms with E-state index >= 15 is 0 Å². The lowest BCUT2D eigenvalue weighted by Gasteiger charge is -2.26. The zero-order valence-electron chi connectivity index (χ0n) is 11.3. The molecule has 1 aromatic rings. The molecule has 2 N–H and O–H groups in total. The Bertz CT molecular complexity index is 625. The molecule has 0 unspecified atom stereocenters. The molecule has 0 aromatic heterocycles. The number of halogens is 2. The van der Waals surface area contributed by atoms with Crippen LogP contribution in [0, 0.1) is 5.92 Å². The van der Waals surface area contributed by atoms with E-state index in [9.17, 15) is 13.5 Å². The van der Waals surface area contributed by atoms with Gasteiger partial charge in [-0.1, -0.05) is 23.2 Å². The summed E-state index contributed by atoms with van der Waals surface area (Å²) in [6.07, 6.45) is 2.04. The Morgan fingerprint density at radius 2 is 1.95 bits per heavy atom. The van der Waals surface area contributed by atoms with Crippen LogP contribution in [0.1, 0.15) is 32.3 Å². The maximum atomic E-state index is 12.5. The molecular formula is C13H17Cl2NO3S. The van der Waals surface area contributed by atoms with Crippen LogP contribution in [0.25, 0.3) is 0 Å². The first-order valence-electron chi connectivity index (χ1n) is 6.31. The molecule has 20 heavy (non-hydrogen) atoms. The molecule has 2 rings (SSSR count). The normalized spacial score (nSPS) is 16.4. The largest absolute Gasteiger partial charge is 0.392 e. The minimum Gasteiger partial charge on any atom is -0.392 e. The summed E-state index contributed by atoms with van der Waals surface area (Å²) >= 11 is 11.9. The van der Waals surface area contributed by atoms with Crippen molar-refractivity contribution in [3.8, 4) is 0 Å². The summed E-state index contributed by atoms with van der Waals surface area (Å²) in [6.45, 7) is 3.31. The average molecular weight is 338 g/mol. The summed E-state index contributed by atoms with van der Waals surface area (Å²) in [5.74, 6) is 0.348. The topological polar surface area (TPSA) is 66.4 Å². The first kappa shape index (κ1) is 16.0. The van der Waals surface area contributed by atoms with Gasteiger partial charge in [-0.3, -0.25) is 0 Å². The number of hydrogen-bond acceptors (Lipinski definition) is 3. The number of rotatable bonds is 5. The molecule has 1 aliphatic carbocycles. The summed E-state index contributed by atoms with van der Waals surface area (Å²) in [4.78, 5) is -0.0543. The van der Waals surface area contributed by atoms with E-state index < -0.39 is 22.2 Å². The Labute approximate surface area is 129 Å². The molecule has 4 nitrogen and oxygen atoms in total. The van der Waals surface area contributed by atoms with Crippen molar-refractivity contribution in [2.75, 3.05) is 0 Å². The maximum Gasteiger partial charge on any atom is 0.242 e. The van der Waals surface area contributed by atoms with Gasteiger partial charge in [0, 0.05) is 16.1 Å². The Kier molecular flexibility index (Phi) is 4.38. The van der Waals surface area contributed by atoms with E-state index in [0.717, 1.165) is 12.8 Å². The zero-order valence-corrected chi connectivity index (χ0v) is 13.6. The lowest BCUT2D eigenvalue weighted by Crippen LogP contribution is -2.45. The van der Waals surface area contributed by atoms with E-state index in [-0.39, 0.29) is 20.5 Å². The molecule has 1 aliphatic rings. The van der Waals surface area contributed by atoms with Crippen LogP contribution in [0.2, 0.25) is 10.0 Å². The van der Waals surface area contributed by atoms with E-state index in [4.69, 9.17) is 23.2 Å². The molecule has 1 saturated carbocycles. The summed E-state index contributed by atoms with van der Waals surface area (Å²) in [7, 11) is -3.75. The second-order valence-corrected chi connectivity index (χ2v) is 8.03. The highest BCUT2D eigenvalue weighted by atomic mass is 35.5.